The Bertz CT molecular complexity index is 533. The van der Waals surface area contributed by atoms with Gasteiger partial charge in [0.2, 0.25) is 5.78 Å². The van der Waals surface area contributed by atoms with Crippen molar-refractivity contribution < 1.29 is 9.59 Å². The van der Waals surface area contributed by atoms with Crippen LogP contribution >= 0.6 is 0 Å². The maximum atomic E-state index is 11.8. The highest BCUT2D eigenvalue weighted by atomic mass is 16.1. The lowest BCUT2D eigenvalue weighted by Crippen LogP contribution is -2.20. The summed E-state index contributed by atoms with van der Waals surface area (Å²) in [5.74, 6) is -0.308. The van der Waals surface area contributed by atoms with Gasteiger partial charge in [-0.05, 0) is 25.0 Å². The second-order valence-electron chi connectivity index (χ2n) is 9.07. The minimum atomic E-state index is -0.220. The smallest absolute Gasteiger partial charge is 0.202 e. The third kappa shape index (κ3) is 13.0. The van der Waals surface area contributed by atoms with E-state index in [1.54, 1.807) is 0 Å². The molecule has 0 unspecified atom stereocenters. The zero-order valence-corrected chi connectivity index (χ0v) is 19.7. The van der Waals surface area contributed by atoms with Crippen molar-refractivity contribution in [2.45, 2.75) is 135 Å². The van der Waals surface area contributed by atoms with E-state index in [0.717, 1.165) is 12.8 Å². The molecular weight excluding hydrogens is 370 g/mol. The summed E-state index contributed by atoms with van der Waals surface area (Å²) in [6.07, 6.45) is 28.9. The molecule has 1 aliphatic carbocycles. The molecule has 0 fully saturated rings. The van der Waals surface area contributed by atoms with Gasteiger partial charge in [0.1, 0.15) is 0 Å². The first-order valence-corrected chi connectivity index (χ1v) is 12.9. The summed E-state index contributed by atoms with van der Waals surface area (Å²) in [6.45, 7) is 2.28. The highest BCUT2D eigenvalue weighted by Gasteiger charge is 2.19. The molecule has 0 aromatic carbocycles. The van der Waals surface area contributed by atoms with Gasteiger partial charge in [-0.3, -0.25) is 9.59 Å². The summed E-state index contributed by atoms with van der Waals surface area (Å²) in [7, 11) is 0. The number of rotatable bonds is 20. The second kappa shape index (κ2) is 18.4. The Morgan fingerprint density at radius 3 is 1.27 bits per heavy atom. The number of hydrogen-bond acceptors (Lipinski definition) is 3. The number of nitrogens with two attached hydrogens (primary N) is 1. The van der Waals surface area contributed by atoms with Crippen LogP contribution in [-0.2, 0) is 9.59 Å². The lowest BCUT2D eigenvalue weighted by Gasteiger charge is -2.11. The number of carbonyl (C=O) groups is 2. The topological polar surface area (TPSA) is 60.2 Å². The molecule has 0 bridgehead atoms. The van der Waals surface area contributed by atoms with Crippen molar-refractivity contribution in [3.05, 3.63) is 23.4 Å². The Labute approximate surface area is 186 Å². The number of allylic oxidation sites excluding steroid dienone is 3. The van der Waals surface area contributed by atoms with Crippen LogP contribution in [0.5, 0.6) is 0 Å². The third-order valence-electron chi connectivity index (χ3n) is 6.30. The first kappa shape index (κ1) is 26.7. The fourth-order valence-electron chi connectivity index (χ4n) is 4.26. The lowest BCUT2D eigenvalue weighted by atomic mass is 9.95. The molecule has 0 radical (unpaired) electrons. The molecule has 30 heavy (non-hydrogen) atoms. The van der Waals surface area contributed by atoms with Gasteiger partial charge in [0, 0.05) is 5.57 Å². The third-order valence-corrected chi connectivity index (χ3v) is 6.30. The summed E-state index contributed by atoms with van der Waals surface area (Å²) in [5.41, 5.74) is 6.43. The minimum absolute atomic E-state index is 0.0884. The van der Waals surface area contributed by atoms with Crippen molar-refractivity contribution in [3.63, 3.8) is 0 Å². The van der Waals surface area contributed by atoms with E-state index in [4.69, 9.17) is 5.73 Å². The number of carbonyl (C=O) groups excluding carboxylic acids is 2. The molecule has 0 aromatic rings. The quantitative estimate of drug-likeness (QED) is 0.163. The molecule has 1 rings (SSSR count). The Morgan fingerprint density at radius 1 is 0.533 bits per heavy atom. The van der Waals surface area contributed by atoms with E-state index in [-0.39, 0.29) is 17.3 Å². The normalized spacial score (nSPS) is 14.2. The van der Waals surface area contributed by atoms with Crippen LogP contribution in [0.3, 0.4) is 0 Å². The number of unbranched alkanes of at least 4 members (excludes halogenated alkanes) is 18. The van der Waals surface area contributed by atoms with Gasteiger partial charge in [-0.1, -0.05) is 122 Å². The predicted molar refractivity (Wildman–Crippen MR) is 128 cm³/mol. The first-order valence-electron chi connectivity index (χ1n) is 12.9. The molecule has 172 valence electrons. The van der Waals surface area contributed by atoms with Crippen molar-refractivity contribution in [1.29, 1.82) is 0 Å². The molecule has 0 aliphatic heterocycles. The van der Waals surface area contributed by atoms with Gasteiger partial charge < -0.3 is 5.73 Å². The van der Waals surface area contributed by atoms with Crippen molar-refractivity contribution >= 4 is 11.6 Å². The van der Waals surface area contributed by atoms with E-state index >= 15 is 0 Å². The van der Waals surface area contributed by atoms with Gasteiger partial charge in [-0.15, -0.1) is 0 Å². The van der Waals surface area contributed by atoms with Crippen LogP contribution < -0.4 is 5.73 Å². The molecule has 0 spiro atoms. The van der Waals surface area contributed by atoms with E-state index in [1.807, 2.05) is 0 Å². The highest BCUT2D eigenvalue weighted by Crippen LogP contribution is 2.19. The highest BCUT2D eigenvalue weighted by molar-refractivity contribution is 6.19. The van der Waals surface area contributed by atoms with Crippen molar-refractivity contribution in [3.8, 4) is 0 Å². The van der Waals surface area contributed by atoms with E-state index in [9.17, 15) is 9.59 Å². The van der Waals surface area contributed by atoms with Crippen LogP contribution in [-0.4, -0.2) is 11.6 Å². The maximum Gasteiger partial charge on any atom is 0.202 e. The van der Waals surface area contributed by atoms with Crippen molar-refractivity contribution in [2.75, 3.05) is 0 Å². The molecule has 0 saturated carbocycles. The van der Waals surface area contributed by atoms with Gasteiger partial charge in [-0.2, -0.15) is 0 Å². The molecule has 3 heteroatoms. The van der Waals surface area contributed by atoms with E-state index < -0.39 is 0 Å². The van der Waals surface area contributed by atoms with Gasteiger partial charge >= 0.3 is 0 Å². The van der Waals surface area contributed by atoms with Crippen molar-refractivity contribution in [2.24, 2.45) is 5.73 Å². The molecule has 0 atom stereocenters. The largest absolute Gasteiger partial charge is 0.395 e. The van der Waals surface area contributed by atoms with Gasteiger partial charge in [0.25, 0.3) is 0 Å². The van der Waals surface area contributed by atoms with Crippen LogP contribution in [0.25, 0.3) is 0 Å². The summed E-state index contributed by atoms with van der Waals surface area (Å²) in [4.78, 5) is 23.3. The fourth-order valence-corrected chi connectivity index (χ4v) is 4.26. The van der Waals surface area contributed by atoms with Gasteiger partial charge in [0.15, 0.2) is 5.78 Å². The summed E-state index contributed by atoms with van der Waals surface area (Å²) in [5, 5.41) is 0. The van der Waals surface area contributed by atoms with Crippen LogP contribution in [0, 0.1) is 0 Å². The standard InChI is InChI=1S/C27H47NO2/c1-2-3-4-5-6-7-8-9-10-11-12-13-14-15-16-17-18-19-20-21-24-25(29)22-23-26(30)27(24)28/h22-23H,2-21,28H2,1H3. The Kier molecular flexibility index (Phi) is 16.3. The van der Waals surface area contributed by atoms with Crippen molar-refractivity contribution in [1.82, 2.24) is 0 Å². The van der Waals surface area contributed by atoms with E-state index in [1.165, 1.54) is 121 Å². The van der Waals surface area contributed by atoms with Crippen LogP contribution in [0.2, 0.25) is 0 Å². The molecule has 1 aliphatic rings. The monoisotopic (exact) mass is 417 g/mol. The van der Waals surface area contributed by atoms with E-state index in [0.29, 0.717) is 12.0 Å². The summed E-state index contributed by atoms with van der Waals surface area (Å²) in [6, 6.07) is 0. The lowest BCUT2D eigenvalue weighted by molar-refractivity contribution is -0.115. The maximum absolute atomic E-state index is 11.8. The minimum Gasteiger partial charge on any atom is -0.395 e. The summed E-state index contributed by atoms with van der Waals surface area (Å²) < 4.78 is 0. The SMILES string of the molecule is CCCCCCCCCCCCCCCCCCCCCC1=C(N)C(=O)C=CC1=O. The zero-order valence-electron chi connectivity index (χ0n) is 19.7. The molecule has 2 N–H and O–H groups in total. The van der Waals surface area contributed by atoms with Crippen LogP contribution in [0.4, 0.5) is 0 Å². The number of ketones is 2. The van der Waals surface area contributed by atoms with Crippen LogP contribution in [0.15, 0.2) is 23.4 Å². The molecular formula is C27H47NO2. The molecule has 0 aromatic heterocycles. The zero-order chi connectivity index (χ0) is 21.9. The molecule has 0 heterocycles. The van der Waals surface area contributed by atoms with E-state index in [2.05, 4.69) is 6.92 Å². The average molecular weight is 418 g/mol. The summed E-state index contributed by atoms with van der Waals surface area (Å²) >= 11 is 0. The second-order valence-corrected chi connectivity index (χ2v) is 9.07. The Morgan fingerprint density at radius 2 is 0.867 bits per heavy atom. The molecule has 0 amide bonds. The average Bonchev–Trinajstić information content (AvgIpc) is 2.74. The fraction of sp³-hybridized carbons (Fsp3) is 0.778. The Balaban J connectivity index is 1.79. The van der Waals surface area contributed by atoms with Gasteiger partial charge in [-0.25, -0.2) is 0 Å². The van der Waals surface area contributed by atoms with Gasteiger partial charge in [0.05, 0.1) is 5.70 Å². The first-order chi connectivity index (χ1) is 14.7. The predicted octanol–water partition coefficient (Wildman–Crippen LogP) is 7.73. The molecule has 3 nitrogen and oxygen atoms in total. The number of hydrogen-bond donors (Lipinski definition) is 1. The Hall–Kier alpha value is -1.38. The molecule has 0 saturated heterocycles. The van der Waals surface area contributed by atoms with Crippen LogP contribution in [0.1, 0.15) is 135 Å².